The molecular formula is C15H9F6N5O. The first-order valence-corrected chi connectivity index (χ1v) is 7.20. The van der Waals surface area contributed by atoms with E-state index in [1.165, 1.54) is 18.2 Å². The van der Waals surface area contributed by atoms with Crippen LogP contribution in [0.15, 0.2) is 42.5 Å². The lowest BCUT2D eigenvalue weighted by molar-refractivity contribution is -0.274. The summed E-state index contributed by atoms with van der Waals surface area (Å²) in [5.74, 6) is -0.544. The molecule has 0 aliphatic rings. The fourth-order valence-corrected chi connectivity index (χ4v) is 2.19. The number of aromatic nitrogens is 4. The number of nitrogens with one attached hydrogen (secondary N) is 2. The van der Waals surface area contributed by atoms with Crippen LogP contribution in [0.5, 0.6) is 5.75 Å². The van der Waals surface area contributed by atoms with Crippen LogP contribution in [0.1, 0.15) is 5.56 Å². The second kappa shape index (κ2) is 6.78. The third-order valence-corrected chi connectivity index (χ3v) is 3.30. The number of nitrogens with zero attached hydrogens (tertiary/aromatic N) is 3. The summed E-state index contributed by atoms with van der Waals surface area (Å²) in [6.07, 6.45) is -9.37. The third-order valence-electron chi connectivity index (χ3n) is 3.30. The van der Waals surface area contributed by atoms with Gasteiger partial charge in [-0.25, -0.2) is 0 Å². The molecule has 0 radical (unpaired) electrons. The second-order valence-corrected chi connectivity index (χ2v) is 5.19. The molecule has 0 amide bonds. The minimum Gasteiger partial charge on any atom is -0.406 e. The maximum atomic E-state index is 12.6. The van der Waals surface area contributed by atoms with E-state index in [1.807, 2.05) is 0 Å². The Morgan fingerprint density at radius 3 is 2.19 bits per heavy atom. The van der Waals surface area contributed by atoms with Gasteiger partial charge in [-0.3, -0.25) is 0 Å². The van der Waals surface area contributed by atoms with Crippen molar-refractivity contribution in [3.05, 3.63) is 48.0 Å². The molecule has 1 aromatic heterocycles. The van der Waals surface area contributed by atoms with E-state index < -0.39 is 23.9 Å². The normalized spacial score (nSPS) is 12.1. The van der Waals surface area contributed by atoms with Crippen molar-refractivity contribution in [1.82, 2.24) is 20.6 Å². The lowest BCUT2D eigenvalue weighted by atomic mass is 10.1. The monoisotopic (exact) mass is 389 g/mol. The highest BCUT2D eigenvalue weighted by molar-refractivity contribution is 5.78. The number of aromatic amines is 1. The highest BCUT2D eigenvalue weighted by Crippen LogP contribution is 2.35. The number of alkyl halides is 6. The number of H-pyrrole nitrogens is 1. The van der Waals surface area contributed by atoms with Gasteiger partial charge in [0.15, 0.2) is 0 Å². The van der Waals surface area contributed by atoms with Crippen LogP contribution in [-0.4, -0.2) is 27.0 Å². The van der Waals surface area contributed by atoms with E-state index in [0.717, 1.165) is 24.3 Å². The summed E-state index contributed by atoms with van der Waals surface area (Å²) in [6.45, 7) is 0. The summed E-state index contributed by atoms with van der Waals surface area (Å²) < 4.78 is 79.0. The summed E-state index contributed by atoms with van der Waals surface area (Å²) in [5.41, 5.74) is -0.214. The summed E-state index contributed by atoms with van der Waals surface area (Å²) in [5, 5.41) is 15.7. The van der Waals surface area contributed by atoms with Crippen molar-refractivity contribution < 1.29 is 31.1 Å². The van der Waals surface area contributed by atoms with Crippen molar-refractivity contribution in [2.24, 2.45) is 0 Å². The van der Waals surface area contributed by atoms with Gasteiger partial charge in [0.05, 0.1) is 11.1 Å². The van der Waals surface area contributed by atoms with E-state index in [1.54, 1.807) is 0 Å². The maximum absolute atomic E-state index is 12.6. The topological polar surface area (TPSA) is 75.7 Å². The molecule has 0 bridgehead atoms. The Hall–Kier alpha value is -3.31. The average molecular weight is 389 g/mol. The predicted octanol–water partition coefficient (Wildman–Crippen LogP) is 4.53. The van der Waals surface area contributed by atoms with Crippen LogP contribution in [0.2, 0.25) is 0 Å². The first kappa shape index (κ1) is 18.5. The van der Waals surface area contributed by atoms with Crippen molar-refractivity contribution in [3.8, 4) is 17.1 Å². The van der Waals surface area contributed by atoms with Crippen LogP contribution < -0.4 is 10.1 Å². The van der Waals surface area contributed by atoms with E-state index >= 15 is 0 Å². The molecule has 0 aliphatic carbocycles. The van der Waals surface area contributed by atoms with Gasteiger partial charge in [0.1, 0.15) is 5.75 Å². The number of hydrogen-bond acceptors (Lipinski definition) is 5. The molecule has 3 rings (SSSR count). The molecule has 0 unspecified atom stereocenters. The second-order valence-electron chi connectivity index (χ2n) is 5.19. The molecule has 0 saturated carbocycles. The number of tetrazole rings is 1. The Morgan fingerprint density at radius 2 is 1.63 bits per heavy atom. The lowest BCUT2D eigenvalue weighted by Gasteiger charge is -2.14. The summed E-state index contributed by atoms with van der Waals surface area (Å²) in [4.78, 5) is 0. The number of anilines is 2. The van der Waals surface area contributed by atoms with Gasteiger partial charge in [0.25, 0.3) is 0 Å². The van der Waals surface area contributed by atoms with Crippen molar-refractivity contribution in [2.45, 2.75) is 12.5 Å². The fourth-order valence-electron chi connectivity index (χ4n) is 2.19. The Labute approximate surface area is 147 Å². The van der Waals surface area contributed by atoms with Gasteiger partial charge < -0.3 is 10.1 Å². The van der Waals surface area contributed by atoms with Gasteiger partial charge in [0, 0.05) is 11.4 Å². The van der Waals surface area contributed by atoms with Gasteiger partial charge in [-0.05, 0) is 47.7 Å². The molecule has 12 heteroatoms. The third kappa shape index (κ3) is 4.65. The van der Waals surface area contributed by atoms with Crippen molar-refractivity contribution in [1.29, 1.82) is 0 Å². The van der Waals surface area contributed by atoms with Gasteiger partial charge in [-0.15, -0.1) is 23.4 Å². The van der Waals surface area contributed by atoms with Crippen molar-refractivity contribution >= 4 is 11.4 Å². The molecular weight excluding hydrogens is 380 g/mol. The molecule has 2 aromatic carbocycles. The Kier molecular flexibility index (Phi) is 4.64. The van der Waals surface area contributed by atoms with Crippen LogP contribution in [0.4, 0.5) is 37.7 Å². The minimum atomic E-state index is -4.89. The lowest BCUT2D eigenvalue weighted by Crippen LogP contribution is -2.17. The standard InChI is InChI=1S/C15H9F6N5O/c16-14(17,18)8-1-3-9(4-2-8)22-12-6-5-10(27-15(19,20)21)7-11(12)13-23-25-26-24-13/h1-7,22H,(H,23,24,25,26). The number of rotatable bonds is 4. The minimum absolute atomic E-state index is 0.0305. The fraction of sp³-hybridized carbons (Fsp3) is 0.133. The van der Waals surface area contributed by atoms with Crippen molar-refractivity contribution in [2.75, 3.05) is 5.32 Å². The average Bonchev–Trinajstić information content (AvgIpc) is 3.09. The van der Waals surface area contributed by atoms with Crippen LogP contribution in [0.3, 0.4) is 0 Å². The number of halogens is 6. The van der Waals surface area contributed by atoms with E-state index in [4.69, 9.17) is 0 Å². The molecule has 6 nitrogen and oxygen atoms in total. The number of ether oxygens (including phenoxy) is 1. The van der Waals surface area contributed by atoms with Gasteiger partial charge in [0.2, 0.25) is 5.82 Å². The molecule has 3 aromatic rings. The first-order chi connectivity index (χ1) is 12.6. The van der Waals surface area contributed by atoms with Gasteiger partial charge in [-0.2, -0.15) is 18.4 Å². The van der Waals surface area contributed by atoms with Crippen molar-refractivity contribution in [3.63, 3.8) is 0 Å². The highest BCUT2D eigenvalue weighted by Gasteiger charge is 2.32. The zero-order chi connectivity index (χ0) is 19.7. The van der Waals surface area contributed by atoms with Crippen LogP contribution in [-0.2, 0) is 6.18 Å². The molecule has 0 fully saturated rings. The summed E-state index contributed by atoms with van der Waals surface area (Å²) in [6, 6.07) is 7.44. The molecule has 2 N–H and O–H groups in total. The Balaban J connectivity index is 1.92. The van der Waals surface area contributed by atoms with Crippen LogP contribution >= 0.6 is 0 Å². The van der Waals surface area contributed by atoms with Crippen LogP contribution in [0, 0.1) is 0 Å². The Bertz CT molecular complexity index is 906. The zero-order valence-corrected chi connectivity index (χ0v) is 13.1. The van der Waals surface area contributed by atoms with E-state index in [-0.39, 0.29) is 22.8 Å². The van der Waals surface area contributed by atoms with Crippen LogP contribution in [0.25, 0.3) is 11.4 Å². The van der Waals surface area contributed by atoms with Gasteiger partial charge >= 0.3 is 12.5 Å². The summed E-state index contributed by atoms with van der Waals surface area (Å²) in [7, 11) is 0. The Morgan fingerprint density at radius 1 is 0.926 bits per heavy atom. The quantitative estimate of drug-likeness (QED) is 0.642. The zero-order valence-electron chi connectivity index (χ0n) is 13.1. The number of benzene rings is 2. The van der Waals surface area contributed by atoms with Gasteiger partial charge in [-0.1, -0.05) is 0 Å². The van der Waals surface area contributed by atoms with E-state index in [2.05, 4.69) is 30.7 Å². The maximum Gasteiger partial charge on any atom is 0.573 e. The molecule has 0 spiro atoms. The smallest absolute Gasteiger partial charge is 0.406 e. The number of hydrogen-bond donors (Lipinski definition) is 2. The molecule has 0 atom stereocenters. The molecule has 142 valence electrons. The highest BCUT2D eigenvalue weighted by atomic mass is 19.4. The first-order valence-electron chi connectivity index (χ1n) is 7.20. The largest absolute Gasteiger partial charge is 0.573 e. The summed E-state index contributed by atoms with van der Waals surface area (Å²) >= 11 is 0. The molecule has 27 heavy (non-hydrogen) atoms. The molecule has 1 heterocycles. The molecule has 0 saturated heterocycles. The predicted molar refractivity (Wildman–Crippen MR) is 81.0 cm³/mol. The van der Waals surface area contributed by atoms with E-state index in [0.29, 0.717) is 0 Å². The SMILES string of the molecule is FC(F)(F)Oc1ccc(Nc2ccc(C(F)(F)F)cc2)c(-c2nn[nH]n2)c1. The van der Waals surface area contributed by atoms with E-state index in [9.17, 15) is 26.3 Å². The molecule has 0 aliphatic heterocycles.